The van der Waals surface area contributed by atoms with Crippen molar-refractivity contribution < 1.29 is 9.66 Å². The molecule has 3 aromatic rings. The highest BCUT2D eigenvalue weighted by Gasteiger charge is 2.12. The summed E-state index contributed by atoms with van der Waals surface area (Å²) >= 11 is 2.15. The van der Waals surface area contributed by atoms with Gasteiger partial charge in [-0.3, -0.25) is 10.1 Å². The minimum absolute atomic E-state index is 0.0523. The predicted molar refractivity (Wildman–Crippen MR) is 93.7 cm³/mol. The number of nitrogens with zero attached hydrogens (tertiary/aromatic N) is 3. The highest BCUT2D eigenvalue weighted by molar-refractivity contribution is 14.1. The van der Waals surface area contributed by atoms with Crippen LogP contribution < -0.4 is 4.74 Å². The number of hydrogen-bond donors (Lipinski definition) is 0. The summed E-state index contributed by atoms with van der Waals surface area (Å²) in [7, 11) is 0. The third-order valence-corrected chi connectivity index (χ3v) is 4.21. The first-order valence-corrected chi connectivity index (χ1v) is 7.88. The van der Waals surface area contributed by atoms with Crippen molar-refractivity contribution in [2.75, 3.05) is 0 Å². The smallest absolute Gasteiger partial charge is 0.269 e. The van der Waals surface area contributed by atoms with Crippen LogP contribution >= 0.6 is 22.6 Å². The van der Waals surface area contributed by atoms with E-state index >= 15 is 0 Å². The quantitative estimate of drug-likeness (QED) is 0.355. The lowest BCUT2D eigenvalue weighted by atomic mass is 10.2. The highest BCUT2D eigenvalue weighted by Crippen LogP contribution is 2.25. The monoisotopic (exact) mass is 421 g/mol. The van der Waals surface area contributed by atoms with E-state index in [9.17, 15) is 10.1 Å². The number of nitro groups is 1. The molecule has 23 heavy (non-hydrogen) atoms. The molecule has 0 spiro atoms. The van der Waals surface area contributed by atoms with Gasteiger partial charge in [-0.05, 0) is 40.3 Å². The highest BCUT2D eigenvalue weighted by atomic mass is 127. The standard InChI is InChI=1S/C16H12IN3O3/c17-16-15(23-11-12-4-2-1-3-5-12)10-18-19(16)13-6-8-14(9-7-13)20(21)22/h1-10H,11H2. The van der Waals surface area contributed by atoms with Crippen LogP contribution in [0.3, 0.4) is 0 Å². The molecule has 0 unspecified atom stereocenters. The topological polar surface area (TPSA) is 70.2 Å². The van der Waals surface area contributed by atoms with E-state index in [1.807, 2.05) is 30.3 Å². The molecule has 0 aliphatic rings. The van der Waals surface area contributed by atoms with Crippen LogP contribution in [0.5, 0.6) is 5.75 Å². The zero-order valence-corrected chi connectivity index (χ0v) is 14.1. The molecule has 0 aliphatic carbocycles. The van der Waals surface area contributed by atoms with E-state index in [1.54, 1.807) is 23.0 Å². The van der Waals surface area contributed by atoms with Crippen LogP contribution in [-0.4, -0.2) is 14.7 Å². The van der Waals surface area contributed by atoms with Gasteiger partial charge in [0.05, 0.1) is 16.8 Å². The normalized spacial score (nSPS) is 10.5. The van der Waals surface area contributed by atoms with Crippen molar-refractivity contribution in [1.82, 2.24) is 9.78 Å². The molecule has 0 radical (unpaired) electrons. The first-order valence-electron chi connectivity index (χ1n) is 6.80. The Labute approximate surface area is 146 Å². The fourth-order valence-corrected chi connectivity index (χ4v) is 2.74. The minimum Gasteiger partial charge on any atom is -0.484 e. The summed E-state index contributed by atoms with van der Waals surface area (Å²) < 4.78 is 8.29. The second-order valence-electron chi connectivity index (χ2n) is 4.76. The number of benzene rings is 2. The summed E-state index contributed by atoms with van der Waals surface area (Å²) in [5.74, 6) is 0.674. The molecule has 7 heteroatoms. The Bertz CT molecular complexity index is 816. The number of aromatic nitrogens is 2. The third-order valence-electron chi connectivity index (χ3n) is 3.22. The van der Waals surface area contributed by atoms with E-state index in [-0.39, 0.29) is 5.69 Å². The number of halogens is 1. The van der Waals surface area contributed by atoms with E-state index in [4.69, 9.17) is 4.74 Å². The molecular formula is C16H12IN3O3. The Morgan fingerprint density at radius 3 is 2.48 bits per heavy atom. The van der Waals surface area contributed by atoms with Gasteiger partial charge in [-0.25, -0.2) is 4.68 Å². The van der Waals surface area contributed by atoms with Crippen molar-refractivity contribution in [3.05, 3.63) is 80.2 Å². The molecule has 2 aromatic carbocycles. The average Bonchev–Trinajstić information content (AvgIpc) is 2.95. The Kier molecular flexibility index (Phi) is 4.56. The molecule has 1 aromatic heterocycles. The van der Waals surface area contributed by atoms with Crippen LogP contribution in [0.4, 0.5) is 5.69 Å². The predicted octanol–water partition coefficient (Wildman–Crippen LogP) is 3.96. The number of non-ortho nitro benzene ring substituents is 1. The molecular weight excluding hydrogens is 409 g/mol. The summed E-state index contributed by atoms with van der Waals surface area (Å²) in [6.07, 6.45) is 1.64. The Morgan fingerprint density at radius 2 is 1.83 bits per heavy atom. The second kappa shape index (κ2) is 6.78. The van der Waals surface area contributed by atoms with E-state index < -0.39 is 4.92 Å². The Hall–Kier alpha value is -2.42. The zero-order chi connectivity index (χ0) is 16.2. The van der Waals surface area contributed by atoms with E-state index in [0.717, 1.165) is 15.0 Å². The first-order chi connectivity index (χ1) is 11.1. The molecule has 116 valence electrons. The van der Waals surface area contributed by atoms with Crippen LogP contribution in [0.15, 0.2) is 60.8 Å². The van der Waals surface area contributed by atoms with Crippen LogP contribution in [0, 0.1) is 13.8 Å². The van der Waals surface area contributed by atoms with Gasteiger partial charge in [0.25, 0.3) is 5.69 Å². The lowest BCUT2D eigenvalue weighted by Crippen LogP contribution is -2.00. The zero-order valence-electron chi connectivity index (χ0n) is 11.9. The maximum Gasteiger partial charge on any atom is 0.269 e. The van der Waals surface area contributed by atoms with E-state index in [2.05, 4.69) is 27.7 Å². The molecule has 0 saturated carbocycles. The minimum atomic E-state index is -0.424. The number of rotatable bonds is 5. The number of hydrogen-bond acceptors (Lipinski definition) is 4. The summed E-state index contributed by atoms with van der Waals surface area (Å²) in [6, 6.07) is 16.1. The largest absolute Gasteiger partial charge is 0.484 e. The van der Waals surface area contributed by atoms with Gasteiger partial charge >= 0.3 is 0 Å². The molecule has 3 rings (SSSR count). The SMILES string of the molecule is O=[N+]([O-])c1ccc(-n2ncc(OCc3ccccc3)c2I)cc1. The van der Waals surface area contributed by atoms with Crippen molar-refractivity contribution in [1.29, 1.82) is 0 Å². The van der Waals surface area contributed by atoms with Crippen molar-refractivity contribution in [2.24, 2.45) is 0 Å². The van der Waals surface area contributed by atoms with Gasteiger partial charge in [-0.15, -0.1) is 0 Å². The first kappa shape index (κ1) is 15.5. The Balaban J connectivity index is 1.77. The van der Waals surface area contributed by atoms with Crippen molar-refractivity contribution >= 4 is 28.3 Å². The van der Waals surface area contributed by atoms with Gasteiger partial charge < -0.3 is 4.74 Å². The van der Waals surface area contributed by atoms with Crippen LogP contribution in [-0.2, 0) is 6.61 Å². The fourth-order valence-electron chi connectivity index (χ4n) is 2.05. The summed E-state index contributed by atoms with van der Waals surface area (Å²) in [5.41, 5.74) is 1.87. The lowest BCUT2D eigenvalue weighted by molar-refractivity contribution is -0.384. The van der Waals surface area contributed by atoms with Crippen molar-refractivity contribution in [3.63, 3.8) is 0 Å². The third kappa shape index (κ3) is 3.50. The molecule has 0 bridgehead atoms. The molecule has 0 saturated heterocycles. The van der Waals surface area contributed by atoms with Crippen LogP contribution in [0.2, 0.25) is 0 Å². The van der Waals surface area contributed by atoms with E-state index in [0.29, 0.717) is 12.4 Å². The van der Waals surface area contributed by atoms with Crippen LogP contribution in [0.25, 0.3) is 5.69 Å². The lowest BCUT2D eigenvalue weighted by Gasteiger charge is -2.06. The molecule has 0 N–H and O–H groups in total. The van der Waals surface area contributed by atoms with Crippen molar-refractivity contribution in [2.45, 2.75) is 6.61 Å². The van der Waals surface area contributed by atoms with Crippen molar-refractivity contribution in [3.8, 4) is 11.4 Å². The average molecular weight is 421 g/mol. The van der Waals surface area contributed by atoms with Gasteiger partial charge in [0, 0.05) is 12.1 Å². The number of ether oxygens (including phenoxy) is 1. The summed E-state index contributed by atoms with van der Waals surface area (Å²) in [4.78, 5) is 10.3. The fraction of sp³-hybridized carbons (Fsp3) is 0.0625. The molecule has 6 nitrogen and oxygen atoms in total. The molecule has 0 fully saturated rings. The Morgan fingerprint density at radius 1 is 1.13 bits per heavy atom. The maximum absolute atomic E-state index is 10.7. The van der Waals surface area contributed by atoms with Gasteiger partial charge in [0.2, 0.25) is 0 Å². The van der Waals surface area contributed by atoms with Crippen LogP contribution in [0.1, 0.15) is 5.56 Å². The van der Waals surface area contributed by atoms with Gasteiger partial charge in [-0.1, -0.05) is 30.3 Å². The van der Waals surface area contributed by atoms with E-state index in [1.165, 1.54) is 12.1 Å². The van der Waals surface area contributed by atoms with Gasteiger partial charge in [-0.2, -0.15) is 5.10 Å². The second-order valence-corrected chi connectivity index (χ2v) is 5.78. The van der Waals surface area contributed by atoms with Gasteiger partial charge in [0.1, 0.15) is 10.3 Å². The maximum atomic E-state index is 10.7. The molecule has 0 aliphatic heterocycles. The summed E-state index contributed by atoms with van der Waals surface area (Å²) in [6.45, 7) is 0.461. The molecule has 1 heterocycles. The summed E-state index contributed by atoms with van der Waals surface area (Å²) in [5, 5.41) is 15.0. The number of nitro benzene ring substituents is 1. The molecule has 0 atom stereocenters. The van der Waals surface area contributed by atoms with Gasteiger partial charge in [0.15, 0.2) is 5.75 Å². The molecule has 0 amide bonds.